The van der Waals surface area contributed by atoms with Crippen LogP contribution in [0.3, 0.4) is 0 Å². The summed E-state index contributed by atoms with van der Waals surface area (Å²) in [5, 5.41) is 4.35. The molecule has 0 unspecified atom stereocenters. The molecule has 2 aromatic carbocycles. The van der Waals surface area contributed by atoms with Crippen molar-refractivity contribution in [1.29, 1.82) is 0 Å². The maximum Gasteiger partial charge on any atom is 0.332 e. The van der Waals surface area contributed by atoms with Crippen LogP contribution in [-0.4, -0.2) is 12.2 Å². The monoisotopic (exact) mass is 303 g/mol. The Morgan fingerprint density at radius 2 is 2.05 bits per heavy atom. The minimum absolute atomic E-state index is 0.442. The first-order valence-electron chi connectivity index (χ1n) is 6.19. The molecule has 2 amide bonds. The molecule has 0 spiro atoms. The van der Waals surface area contributed by atoms with Crippen molar-refractivity contribution in [3.63, 3.8) is 0 Å². The fraction of sp³-hybridized carbons (Fsp3) is 0.0667. The summed E-state index contributed by atoms with van der Waals surface area (Å²) in [4.78, 5) is 10.5. The van der Waals surface area contributed by atoms with Crippen molar-refractivity contribution in [2.75, 3.05) is 0 Å². The van der Waals surface area contributed by atoms with Crippen molar-refractivity contribution in [2.24, 2.45) is 10.8 Å². The van der Waals surface area contributed by atoms with E-state index in [0.29, 0.717) is 11.6 Å². The molecule has 0 aliphatic rings. The number of urea groups is 1. The predicted molar refractivity (Wildman–Crippen MR) is 82.5 cm³/mol. The molecule has 0 aromatic heterocycles. The number of carbonyl (C=O) groups is 1. The molecular weight excluding hydrogens is 290 g/mol. The van der Waals surface area contributed by atoms with Crippen LogP contribution in [0.25, 0.3) is 0 Å². The Hall–Kier alpha value is -2.53. The first-order valence-corrected chi connectivity index (χ1v) is 6.57. The number of nitrogens with two attached hydrogens (primary N) is 1. The zero-order chi connectivity index (χ0) is 15.1. The van der Waals surface area contributed by atoms with Gasteiger partial charge in [0.05, 0.1) is 6.21 Å². The maximum atomic E-state index is 10.5. The summed E-state index contributed by atoms with van der Waals surface area (Å²) in [6.07, 6.45) is 1.49. The van der Waals surface area contributed by atoms with Crippen LogP contribution in [0.5, 0.6) is 5.75 Å². The van der Waals surface area contributed by atoms with E-state index < -0.39 is 6.03 Å². The number of benzene rings is 2. The fourth-order valence-corrected chi connectivity index (χ4v) is 1.83. The third kappa shape index (κ3) is 5.16. The average Bonchev–Trinajstić information content (AvgIpc) is 2.46. The van der Waals surface area contributed by atoms with Crippen molar-refractivity contribution in [2.45, 2.75) is 6.61 Å². The highest BCUT2D eigenvalue weighted by molar-refractivity contribution is 6.30. The number of nitrogens with zero attached hydrogens (tertiary/aromatic N) is 1. The Labute approximate surface area is 127 Å². The number of ether oxygens (including phenoxy) is 1. The number of rotatable bonds is 5. The SMILES string of the molecule is NC(=O)N/N=C\c1ccc(OCc2cccc(Cl)c2)cc1. The zero-order valence-corrected chi connectivity index (χ0v) is 11.9. The van der Waals surface area contributed by atoms with E-state index in [1.807, 2.05) is 48.5 Å². The van der Waals surface area contributed by atoms with Crippen LogP contribution in [0.1, 0.15) is 11.1 Å². The highest BCUT2D eigenvalue weighted by Crippen LogP contribution is 2.15. The largest absolute Gasteiger partial charge is 0.489 e. The summed E-state index contributed by atoms with van der Waals surface area (Å²) in [6.45, 7) is 0.442. The number of halogens is 1. The van der Waals surface area contributed by atoms with Crippen molar-refractivity contribution >= 4 is 23.8 Å². The van der Waals surface area contributed by atoms with Crippen LogP contribution in [0, 0.1) is 0 Å². The van der Waals surface area contributed by atoms with Gasteiger partial charge in [0, 0.05) is 5.02 Å². The van der Waals surface area contributed by atoms with Gasteiger partial charge in [-0.2, -0.15) is 5.10 Å². The lowest BCUT2D eigenvalue weighted by Gasteiger charge is -2.06. The summed E-state index contributed by atoms with van der Waals surface area (Å²) < 4.78 is 5.65. The Bertz CT molecular complexity index is 642. The van der Waals surface area contributed by atoms with Crippen LogP contribution in [0.4, 0.5) is 4.79 Å². The number of nitrogens with one attached hydrogen (secondary N) is 1. The Morgan fingerprint density at radius 1 is 1.29 bits per heavy atom. The molecule has 0 aliphatic carbocycles. The topological polar surface area (TPSA) is 76.7 Å². The van der Waals surface area contributed by atoms with Crippen LogP contribution in [0.15, 0.2) is 53.6 Å². The van der Waals surface area contributed by atoms with Gasteiger partial charge in [-0.25, -0.2) is 10.2 Å². The summed E-state index contributed by atoms with van der Waals surface area (Å²) >= 11 is 5.91. The van der Waals surface area contributed by atoms with E-state index in [9.17, 15) is 4.79 Å². The van der Waals surface area contributed by atoms with Crippen molar-refractivity contribution in [3.05, 3.63) is 64.7 Å². The van der Waals surface area contributed by atoms with Crippen molar-refractivity contribution in [1.82, 2.24) is 5.43 Å². The first kappa shape index (κ1) is 14.9. The molecule has 0 saturated carbocycles. The summed E-state index contributed by atoms with van der Waals surface area (Å²) in [5.74, 6) is 0.731. The lowest BCUT2D eigenvalue weighted by molar-refractivity contribution is 0.249. The van der Waals surface area contributed by atoms with E-state index >= 15 is 0 Å². The molecule has 0 bridgehead atoms. The van der Waals surface area contributed by atoms with Gasteiger partial charge >= 0.3 is 6.03 Å². The van der Waals surface area contributed by atoms with Crippen LogP contribution < -0.4 is 15.9 Å². The van der Waals surface area contributed by atoms with Gasteiger partial charge in [-0.3, -0.25) is 0 Å². The van der Waals surface area contributed by atoms with Crippen molar-refractivity contribution in [3.8, 4) is 5.75 Å². The minimum atomic E-state index is -0.701. The Balaban J connectivity index is 1.90. The summed E-state index contributed by atoms with van der Waals surface area (Å²) in [7, 11) is 0. The average molecular weight is 304 g/mol. The molecule has 0 radical (unpaired) electrons. The third-order valence-electron chi connectivity index (χ3n) is 2.56. The molecule has 21 heavy (non-hydrogen) atoms. The summed E-state index contributed by atoms with van der Waals surface area (Å²) in [5.41, 5.74) is 8.84. The molecule has 2 rings (SSSR count). The van der Waals surface area contributed by atoms with Gasteiger partial charge < -0.3 is 10.5 Å². The highest BCUT2D eigenvalue weighted by atomic mass is 35.5. The first-order chi connectivity index (χ1) is 10.1. The van der Waals surface area contributed by atoms with E-state index in [2.05, 4.69) is 10.5 Å². The number of hydrogen-bond donors (Lipinski definition) is 2. The number of amides is 2. The van der Waals surface area contributed by atoms with E-state index in [4.69, 9.17) is 22.1 Å². The third-order valence-corrected chi connectivity index (χ3v) is 2.80. The second-order valence-electron chi connectivity index (χ2n) is 4.22. The number of hydrogen-bond acceptors (Lipinski definition) is 3. The lowest BCUT2D eigenvalue weighted by atomic mass is 10.2. The molecule has 0 atom stereocenters. The molecule has 0 saturated heterocycles. The molecule has 108 valence electrons. The van der Waals surface area contributed by atoms with Gasteiger partial charge in [0.15, 0.2) is 0 Å². The number of carbonyl (C=O) groups excluding carboxylic acids is 1. The van der Waals surface area contributed by atoms with Gasteiger partial charge in [-0.05, 0) is 47.5 Å². The van der Waals surface area contributed by atoms with Gasteiger partial charge in [-0.1, -0.05) is 23.7 Å². The molecular formula is C15H14ClN3O2. The number of hydrazone groups is 1. The summed E-state index contributed by atoms with van der Waals surface area (Å²) in [6, 6.07) is 14.1. The van der Waals surface area contributed by atoms with Crippen LogP contribution in [0.2, 0.25) is 5.02 Å². The molecule has 5 nitrogen and oxygen atoms in total. The lowest BCUT2D eigenvalue weighted by Crippen LogP contribution is -2.24. The van der Waals surface area contributed by atoms with Gasteiger partial charge in [0.2, 0.25) is 0 Å². The maximum absolute atomic E-state index is 10.5. The minimum Gasteiger partial charge on any atom is -0.489 e. The molecule has 0 fully saturated rings. The predicted octanol–water partition coefficient (Wildman–Crippen LogP) is 2.92. The molecule has 3 N–H and O–H groups in total. The molecule has 0 heterocycles. The Morgan fingerprint density at radius 3 is 2.71 bits per heavy atom. The molecule has 2 aromatic rings. The van der Waals surface area contributed by atoms with Gasteiger partial charge in [0.25, 0.3) is 0 Å². The number of primary amides is 1. The van der Waals surface area contributed by atoms with Gasteiger partial charge in [0.1, 0.15) is 12.4 Å². The quantitative estimate of drug-likeness (QED) is 0.658. The standard InChI is InChI=1S/C15H14ClN3O2/c16-13-3-1-2-12(8-13)10-21-14-6-4-11(5-7-14)9-18-19-15(17)20/h1-9H,10H2,(H3,17,19,20)/b18-9-. The van der Waals surface area contributed by atoms with E-state index in [-0.39, 0.29) is 0 Å². The van der Waals surface area contributed by atoms with Crippen molar-refractivity contribution < 1.29 is 9.53 Å². The van der Waals surface area contributed by atoms with E-state index in [1.165, 1.54) is 6.21 Å². The van der Waals surface area contributed by atoms with Crippen LogP contribution in [-0.2, 0) is 6.61 Å². The Kier molecular flexibility index (Phi) is 5.17. The molecule has 6 heteroatoms. The normalized spacial score (nSPS) is 10.5. The molecule has 0 aliphatic heterocycles. The van der Waals surface area contributed by atoms with Gasteiger partial charge in [-0.15, -0.1) is 0 Å². The second-order valence-corrected chi connectivity index (χ2v) is 4.66. The highest BCUT2D eigenvalue weighted by Gasteiger charge is 1.97. The zero-order valence-electron chi connectivity index (χ0n) is 11.1. The van der Waals surface area contributed by atoms with E-state index in [0.717, 1.165) is 16.9 Å². The smallest absolute Gasteiger partial charge is 0.332 e. The van der Waals surface area contributed by atoms with Crippen LogP contribution >= 0.6 is 11.6 Å². The second kappa shape index (κ2) is 7.31. The fourth-order valence-electron chi connectivity index (χ4n) is 1.61. The van der Waals surface area contributed by atoms with E-state index in [1.54, 1.807) is 0 Å².